The number of aryl methyl sites for hydroxylation is 1. The van der Waals surface area contributed by atoms with E-state index < -0.39 is 5.79 Å². The zero-order valence-electron chi connectivity index (χ0n) is 27.7. The number of ether oxygens (including phenoxy) is 3. The molecule has 0 saturated carbocycles. The summed E-state index contributed by atoms with van der Waals surface area (Å²) < 4.78 is 22.2. The molecule has 2 aromatic heterocycles. The van der Waals surface area contributed by atoms with Crippen molar-refractivity contribution in [2.24, 2.45) is 0 Å². The third kappa shape index (κ3) is 6.45. The first-order chi connectivity index (χ1) is 23.4. The topological polar surface area (TPSA) is 105 Å². The van der Waals surface area contributed by atoms with E-state index in [4.69, 9.17) is 14.2 Å². The minimum atomic E-state index is -0.978. The average molecular weight is 651 g/mol. The first-order valence-electron chi connectivity index (χ1n) is 16.6. The van der Waals surface area contributed by atoms with E-state index in [0.717, 1.165) is 60.9 Å². The molecule has 2 aliphatic heterocycles. The van der Waals surface area contributed by atoms with Crippen molar-refractivity contribution >= 4 is 11.4 Å². The van der Waals surface area contributed by atoms with Crippen LogP contribution in [0.2, 0.25) is 0 Å². The summed E-state index contributed by atoms with van der Waals surface area (Å²) >= 11 is 0. The number of piperazine rings is 1. The highest BCUT2D eigenvalue weighted by Crippen LogP contribution is 2.36. The Morgan fingerprint density at radius 2 is 1.56 bits per heavy atom. The van der Waals surface area contributed by atoms with Crippen LogP contribution in [0.15, 0.2) is 96.3 Å². The van der Waals surface area contributed by atoms with Gasteiger partial charge in [-0.3, -0.25) is 0 Å². The number of anilines is 2. The number of benzene rings is 3. The quantitative estimate of drug-likeness (QED) is 0.203. The molecular formula is C36H42N8O4. The fourth-order valence-corrected chi connectivity index (χ4v) is 6.37. The van der Waals surface area contributed by atoms with E-state index in [2.05, 4.69) is 69.3 Å². The third-order valence-corrected chi connectivity index (χ3v) is 9.31. The van der Waals surface area contributed by atoms with E-state index in [9.17, 15) is 4.79 Å². The highest BCUT2D eigenvalue weighted by molar-refractivity contribution is 5.56. The minimum absolute atomic E-state index is 0.0710. The molecule has 2 saturated heterocycles. The highest BCUT2D eigenvalue weighted by atomic mass is 16.8. The molecule has 0 spiro atoms. The van der Waals surface area contributed by atoms with Gasteiger partial charge in [0.2, 0.25) is 5.79 Å². The first kappa shape index (κ1) is 31.6. The molecule has 7 rings (SSSR count). The lowest BCUT2D eigenvalue weighted by atomic mass is 10.1. The van der Waals surface area contributed by atoms with Crippen LogP contribution in [0.3, 0.4) is 0 Å². The second-order valence-corrected chi connectivity index (χ2v) is 12.5. The van der Waals surface area contributed by atoms with Crippen LogP contribution >= 0.6 is 0 Å². The molecule has 0 N–H and O–H groups in total. The van der Waals surface area contributed by atoms with Gasteiger partial charge in [0.15, 0.2) is 0 Å². The van der Waals surface area contributed by atoms with Crippen molar-refractivity contribution in [3.63, 3.8) is 0 Å². The molecule has 2 aliphatic rings. The van der Waals surface area contributed by atoms with Gasteiger partial charge < -0.3 is 24.0 Å². The van der Waals surface area contributed by atoms with Gasteiger partial charge in [-0.1, -0.05) is 37.3 Å². The van der Waals surface area contributed by atoms with Crippen molar-refractivity contribution in [1.29, 1.82) is 0 Å². The largest absolute Gasteiger partial charge is 0.491 e. The van der Waals surface area contributed by atoms with E-state index in [1.54, 1.807) is 32.8 Å². The standard InChI is InChI=1S/C36H42N8O4/c1-4-28(3)44-35(45)42(26-39-44)31-12-10-30(11-13-31)40-18-20-41(21-19-40)32-14-15-34(27(2)22-32)46-23-33-24-47-36(48-33,25-43-37-16-17-38-43)29-8-6-5-7-9-29/h5-17,22,26,28,33H,4,18-21,23-25H2,1-3H3/t28?,33-,36-/m1/s1. The molecule has 0 bridgehead atoms. The molecule has 12 heteroatoms. The lowest BCUT2D eigenvalue weighted by molar-refractivity contribution is -0.192. The van der Waals surface area contributed by atoms with Gasteiger partial charge in [-0.15, -0.1) is 0 Å². The van der Waals surface area contributed by atoms with Crippen molar-refractivity contribution in [1.82, 2.24) is 29.3 Å². The Bertz CT molecular complexity index is 1850. The number of aromatic nitrogens is 6. The van der Waals surface area contributed by atoms with Crippen LogP contribution in [0.5, 0.6) is 5.75 Å². The number of hydrogen-bond acceptors (Lipinski definition) is 9. The summed E-state index contributed by atoms with van der Waals surface area (Å²) in [4.78, 5) is 19.2. The van der Waals surface area contributed by atoms with Gasteiger partial charge in [-0.2, -0.15) is 20.1 Å². The van der Waals surface area contributed by atoms with Crippen molar-refractivity contribution in [2.45, 2.75) is 51.7 Å². The third-order valence-electron chi connectivity index (χ3n) is 9.31. The zero-order valence-corrected chi connectivity index (χ0v) is 27.7. The predicted octanol–water partition coefficient (Wildman–Crippen LogP) is 4.58. The molecule has 0 amide bonds. The lowest BCUT2D eigenvalue weighted by Gasteiger charge is -2.37. The van der Waals surface area contributed by atoms with Crippen molar-refractivity contribution in [2.75, 3.05) is 49.2 Å². The Morgan fingerprint density at radius 1 is 0.896 bits per heavy atom. The summed E-state index contributed by atoms with van der Waals surface area (Å²) in [6.07, 6.45) is 5.52. The monoisotopic (exact) mass is 650 g/mol. The van der Waals surface area contributed by atoms with Gasteiger partial charge in [0.05, 0.1) is 30.7 Å². The lowest BCUT2D eigenvalue weighted by Crippen LogP contribution is -2.46. The molecule has 2 fully saturated rings. The van der Waals surface area contributed by atoms with Gasteiger partial charge in [0, 0.05) is 43.1 Å². The van der Waals surface area contributed by atoms with Crippen LogP contribution in [0.4, 0.5) is 11.4 Å². The molecule has 5 aromatic rings. The van der Waals surface area contributed by atoms with E-state index in [0.29, 0.717) is 19.8 Å². The van der Waals surface area contributed by atoms with E-state index in [1.165, 1.54) is 5.69 Å². The van der Waals surface area contributed by atoms with Crippen molar-refractivity contribution < 1.29 is 14.2 Å². The molecule has 48 heavy (non-hydrogen) atoms. The van der Waals surface area contributed by atoms with Crippen LogP contribution in [0.1, 0.15) is 37.4 Å². The van der Waals surface area contributed by atoms with Crippen LogP contribution in [-0.4, -0.2) is 74.8 Å². The Kier molecular flexibility index (Phi) is 9.00. The SMILES string of the molecule is CCC(C)n1ncn(-c2ccc(N3CCN(c4ccc(OC[C@@H]5CO[C@@](Cn6nccn6)(c6ccccc6)O5)c(C)c4)CC3)cc2)c1=O. The van der Waals surface area contributed by atoms with E-state index >= 15 is 0 Å². The maximum absolute atomic E-state index is 12.8. The maximum Gasteiger partial charge on any atom is 0.350 e. The van der Waals surface area contributed by atoms with Crippen LogP contribution in [-0.2, 0) is 21.8 Å². The predicted molar refractivity (Wildman–Crippen MR) is 183 cm³/mol. The van der Waals surface area contributed by atoms with Crippen molar-refractivity contribution in [3.8, 4) is 11.4 Å². The molecule has 250 valence electrons. The highest BCUT2D eigenvalue weighted by Gasteiger charge is 2.44. The minimum Gasteiger partial charge on any atom is -0.491 e. The summed E-state index contributed by atoms with van der Waals surface area (Å²) in [5, 5.41) is 12.8. The first-order valence-corrected chi connectivity index (χ1v) is 16.6. The van der Waals surface area contributed by atoms with Gasteiger partial charge in [-0.05, 0) is 68.3 Å². The van der Waals surface area contributed by atoms with Gasteiger partial charge in [-0.25, -0.2) is 14.0 Å². The Hall–Kier alpha value is -4.94. The molecule has 3 atom stereocenters. The van der Waals surface area contributed by atoms with Crippen LogP contribution < -0.4 is 20.2 Å². The number of rotatable bonds is 11. The average Bonchev–Trinajstić information content (AvgIpc) is 3.89. The molecule has 12 nitrogen and oxygen atoms in total. The number of nitrogens with zero attached hydrogens (tertiary/aromatic N) is 8. The summed E-state index contributed by atoms with van der Waals surface area (Å²) in [5.74, 6) is -0.144. The van der Waals surface area contributed by atoms with Gasteiger partial charge in [0.1, 0.15) is 31.3 Å². The zero-order chi connectivity index (χ0) is 33.1. The Balaban J connectivity index is 0.935. The summed E-state index contributed by atoms with van der Waals surface area (Å²) in [5.41, 5.74) is 5.04. The van der Waals surface area contributed by atoms with Crippen LogP contribution in [0, 0.1) is 6.92 Å². The molecular weight excluding hydrogens is 608 g/mol. The second kappa shape index (κ2) is 13.7. The Morgan fingerprint density at radius 3 is 2.25 bits per heavy atom. The molecule has 3 aromatic carbocycles. The fraction of sp³-hybridized carbons (Fsp3) is 0.389. The van der Waals surface area contributed by atoms with Gasteiger partial charge in [0.25, 0.3) is 0 Å². The summed E-state index contributed by atoms with van der Waals surface area (Å²) in [6, 6.07) is 24.5. The van der Waals surface area contributed by atoms with E-state index in [-0.39, 0.29) is 17.8 Å². The van der Waals surface area contributed by atoms with Crippen LogP contribution in [0.25, 0.3) is 5.69 Å². The normalized spacial score (nSPS) is 20.3. The molecule has 0 aliphatic carbocycles. The number of hydrogen-bond donors (Lipinski definition) is 0. The van der Waals surface area contributed by atoms with Gasteiger partial charge >= 0.3 is 5.69 Å². The summed E-state index contributed by atoms with van der Waals surface area (Å²) in [7, 11) is 0. The molecule has 1 unspecified atom stereocenters. The fourth-order valence-electron chi connectivity index (χ4n) is 6.37. The molecule has 4 heterocycles. The Labute approximate surface area is 280 Å². The summed E-state index contributed by atoms with van der Waals surface area (Å²) in [6.45, 7) is 10.9. The maximum atomic E-state index is 12.8. The molecule has 0 radical (unpaired) electrons. The van der Waals surface area contributed by atoms with E-state index in [1.807, 2.05) is 49.4 Å². The second-order valence-electron chi connectivity index (χ2n) is 12.5. The smallest absolute Gasteiger partial charge is 0.350 e. The van der Waals surface area contributed by atoms with Crippen molar-refractivity contribution in [3.05, 3.63) is 113 Å².